The zero-order valence-corrected chi connectivity index (χ0v) is 10.4. The minimum atomic E-state index is -1.40. The first kappa shape index (κ1) is 13.5. The molecule has 1 fully saturated rings. The molecule has 0 radical (unpaired) electrons. The van der Waals surface area contributed by atoms with Crippen molar-refractivity contribution in [2.45, 2.75) is 13.0 Å². The number of carbonyl (C=O) groups excluding carboxylic acids is 4. The number of barbiturate groups is 1. The van der Waals surface area contributed by atoms with E-state index in [1.165, 1.54) is 19.1 Å². The Bertz CT molecular complexity index is 601. The van der Waals surface area contributed by atoms with Crippen molar-refractivity contribution in [1.29, 1.82) is 0 Å². The molecule has 20 heavy (non-hydrogen) atoms. The molecule has 8 nitrogen and oxygen atoms in total. The molecular formula is C12H10N4O4. The Kier molecular flexibility index (Phi) is 3.65. The summed E-state index contributed by atoms with van der Waals surface area (Å²) in [4.78, 5) is 44.7. The zero-order valence-electron chi connectivity index (χ0n) is 10.4. The van der Waals surface area contributed by atoms with E-state index in [0.717, 1.165) is 0 Å². The molecule has 0 bridgehead atoms. The van der Waals surface area contributed by atoms with Crippen molar-refractivity contribution in [2.24, 2.45) is 10.2 Å². The molecule has 1 aliphatic heterocycles. The third kappa shape index (κ3) is 2.91. The summed E-state index contributed by atoms with van der Waals surface area (Å²) in [6, 6.07) is 3.90. The van der Waals surface area contributed by atoms with Crippen LogP contribution in [0.4, 0.5) is 10.5 Å². The van der Waals surface area contributed by atoms with Crippen LogP contribution in [-0.4, -0.2) is 29.7 Å². The monoisotopic (exact) mass is 274 g/mol. The number of carbonyl (C=O) groups is 4. The van der Waals surface area contributed by atoms with E-state index in [4.69, 9.17) is 0 Å². The SMILES string of the molecule is CC(=O)c1ccc(N=NC2C(=O)NC(=O)NC2=O)cc1. The molecule has 0 atom stereocenters. The number of nitrogens with zero attached hydrogens (tertiary/aromatic N) is 2. The molecule has 1 aliphatic rings. The van der Waals surface area contributed by atoms with E-state index in [1.54, 1.807) is 12.1 Å². The predicted octanol–water partition coefficient (Wildman–Crippen LogP) is 0.707. The maximum Gasteiger partial charge on any atom is 0.328 e. The molecule has 0 spiro atoms. The number of hydrogen-bond donors (Lipinski definition) is 2. The van der Waals surface area contributed by atoms with Gasteiger partial charge < -0.3 is 0 Å². The van der Waals surface area contributed by atoms with E-state index < -0.39 is 23.9 Å². The third-order valence-corrected chi connectivity index (χ3v) is 2.53. The lowest BCUT2D eigenvalue weighted by Crippen LogP contribution is -2.57. The van der Waals surface area contributed by atoms with Crippen LogP contribution in [0.3, 0.4) is 0 Å². The molecule has 0 saturated carbocycles. The number of ketones is 1. The van der Waals surface area contributed by atoms with Crippen LogP contribution in [0.2, 0.25) is 0 Å². The van der Waals surface area contributed by atoms with Gasteiger partial charge >= 0.3 is 6.03 Å². The van der Waals surface area contributed by atoms with Crippen molar-refractivity contribution in [3.05, 3.63) is 29.8 Å². The molecule has 1 aromatic rings. The van der Waals surface area contributed by atoms with Gasteiger partial charge in [-0.1, -0.05) is 0 Å². The Balaban J connectivity index is 2.12. The van der Waals surface area contributed by atoms with Gasteiger partial charge in [-0.25, -0.2) is 4.79 Å². The highest BCUT2D eigenvalue weighted by Gasteiger charge is 2.34. The molecule has 102 valence electrons. The van der Waals surface area contributed by atoms with Crippen molar-refractivity contribution in [3.8, 4) is 0 Å². The summed E-state index contributed by atoms with van der Waals surface area (Å²) in [7, 11) is 0. The number of azo groups is 1. The second-order valence-corrected chi connectivity index (χ2v) is 4.03. The average molecular weight is 274 g/mol. The van der Waals surface area contributed by atoms with Gasteiger partial charge in [0, 0.05) is 5.56 Å². The van der Waals surface area contributed by atoms with Gasteiger partial charge in [0.1, 0.15) is 0 Å². The molecular weight excluding hydrogens is 264 g/mol. The normalized spacial score (nSPS) is 16.1. The van der Waals surface area contributed by atoms with Crippen LogP contribution in [-0.2, 0) is 9.59 Å². The Morgan fingerprint density at radius 3 is 2.10 bits per heavy atom. The molecule has 1 heterocycles. The van der Waals surface area contributed by atoms with E-state index in [0.29, 0.717) is 11.3 Å². The number of nitrogens with one attached hydrogen (secondary N) is 2. The lowest BCUT2D eigenvalue weighted by atomic mass is 10.1. The van der Waals surface area contributed by atoms with E-state index in [1.807, 2.05) is 10.6 Å². The highest BCUT2D eigenvalue weighted by atomic mass is 16.2. The summed E-state index contributed by atoms with van der Waals surface area (Å²) in [6.07, 6.45) is 0. The highest BCUT2D eigenvalue weighted by Crippen LogP contribution is 2.15. The lowest BCUT2D eigenvalue weighted by molar-refractivity contribution is -0.131. The van der Waals surface area contributed by atoms with Gasteiger partial charge in [-0.15, -0.1) is 0 Å². The van der Waals surface area contributed by atoms with Gasteiger partial charge in [0.15, 0.2) is 5.78 Å². The molecule has 8 heteroatoms. The minimum absolute atomic E-state index is 0.0852. The summed E-state index contributed by atoms with van der Waals surface area (Å²) >= 11 is 0. The molecule has 1 aromatic carbocycles. The Labute approximate surface area is 113 Å². The topological polar surface area (TPSA) is 117 Å². The quantitative estimate of drug-likeness (QED) is 0.479. The summed E-state index contributed by atoms with van der Waals surface area (Å²) in [5.41, 5.74) is 0.898. The first-order valence-electron chi connectivity index (χ1n) is 5.65. The van der Waals surface area contributed by atoms with Crippen LogP contribution in [0, 0.1) is 0 Å². The van der Waals surface area contributed by atoms with E-state index in [2.05, 4.69) is 10.2 Å². The second kappa shape index (κ2) is 5.39. The summed E-state index contributed by atoms with van der Waals surface area (Å²) in [6.45, 7) is 1.43. The smallest absolute Gasteiger partial charge is 0.295 e. The molecule has 0 aromatic heterocycles. The fraction of sp³-hybridized carbons (Fsp3) is 0.167. The molecule has 2 N–H and O–H groups in total. The Morgan fingerprint density at radius 2 is 1.60 bits per heavy atom. The average Bonchev–Trinajstić information content (AvgIpc) is 2.38. The number of Topliss-reactive ketones (excluding diaryl/α,β-unsaturated/α-hetero) is 1. The third-order valence-electron chi connectivity index (χ3n) is 2.53. The summed E-state index contributed by atoms with van der Waals surface area (Å²) in [5, 5.41) is 11.1. The largest absolute Gasteiger partial charge is 0.328 e. The number of benzene rings is 1. The van der Waals surface area contributed by atoms with Crippen molar-refractivity contribution in [2.75, 3.05) is 0 Å². The maximum absolute atomic E-state index is 11.4. The predicted molar refractivity (Wildman–Crippen MR) is 66.4 cm³/mol. The number of rotatable bonds is 3. The minimum Gasteiger partial charge on any atom is -0.295 e. The van der Waals surface area contributed by atoms with E-state index in [9.17, 15) is 19.2 Å². The fourth-order valence-corrected chi connectivity index (χ4v) is 1.50. The van der Waals surface area contributed by atoms with Gasteiger partial charge in [0.2, 0.25) is 6.04 Å². The van der Waals surface area contributed by atoms with E-state index >= 15 is 0 Å². The van der Waals surface area contributed by atoms with Gasteiger partial charge in [-0.2, -0.15) is 10.2 Å². The Hall–Kier alpha value is -2.90. The van der Waals surface area contributed by atoms with Crippen molar-refractivity contribution in [3.63, 3.8) is 0 Å². The van der Waals surface area contributed by atoms with Crippen molar-refractivity contribution in [1.82, 2.24) is 10.6 Å². The van der Waals surface area contributed by atoms with Crippen LogP contribution in [0.15, 0.2) is 34.5 Å². The van der Waals surface area contributed by atoms with Gasteiger partial charge in [-0.3, -0.25) is 25.0 Å². The van der Waals surface area contributed by atoms with Gasteiger partial charge in [0.25, 0.3) is 11.8 Å². The molecule has 1 saturated heterocycles. The second-order valence-electron chi connectivity index (χ2n) is 4.03. The maximum atomic E-state index is 11.4. The molecule has 0 unspecified atom stereocenters. The zero-order chi connectivity index (χ0) is 14.7. The fourth-order valence-electron chi connectivity index (χ4n) is 1.50. The molecule has 0 aliphatic carbocycles. The number of urea groups is 1. The number of hydrogen-bond acceptors (Lipinski definition) is 6. The van der Waals surface area contributed by atoms with Gasteiger partial charge in [0.05, 0.1) is 5.69 Å². The van der Waals surface area contributed by atoms with E-state index in [-0.39, 0.29) is 5.78 Å². The van der Waals surface area contributed by atoms with Crippen LogP contribution in [0.5, 0.6) is 0 Å². The first-order chi connectivity index (χ1) is 9.47. The standard InChI is InChI=1S/C12H10N4O4/c1-6(17)7-2-4-8(5-3-7)15-16-9-10(18)13-12(20)14-11(9)19/h2-5,9H,1H3,(H2,13,14,18,19,20). The summed E-state index contributed by atoms with van der Waals surface area (Å²) in [5.74, 6) is -1.75. The summed E-state index contributed by atoms with van der Waals surface area (Å²) < 4.78 is 0. The van der Waals surface area contributed by atoms with Crippen LogP contribution >= 0.6 is 0 Å². The van der Waals surface area contributed by atoms with Gasteiger partial charge in [-0.05, 0) is 31.2 Å². The first-order valence-corrected chi connectivity index (χ1v) is 5.65. The Morgan fingerprint density at radius 1 is 1.05 bits per heavy atom. The molecule has 4 amide bonds. The number of imide groups is 2. The lowest BCUT2D eigenvalue weighted by Gasteiger charge is -2.15. The van der Waals surface area contributed by atoms with Crippen LogP contribution in [0.1, 0.15) is 17.3 Å². The number of amides is 4. The van der Waals surface area contributed by atoms with Crippen LogP contribution in [0.25, 0.3) is 0 Å². The van der Waals surface area contributed by atoms with Crippen LogP contribution < -0.4 is 10.6 Å². The molecule has 2 rings (SSSR count). The van der Waals surface area contributed by atoms with Crippen molar-refractivity contribution >= 4 is 29.3 Å². The highest BCUT2D eigenvalue weighted by molar-refractivity contribution is 6.18. The van der Waals surface area contributed by atoms with Crippen molar-refractivity contribution < 1.29 is 19.2 Å².